The lowest BCUT2D eigenvalue weighted by Gasteiger charge is -2.26. The largest absolute Gasteiger partial charge is 0.310 e. The fraction of sp³-hybridized carbons (Fsp3) is 0.0645. The lowest BCUT2D eigenvalue weighted by Crippen LogP contribution is -2.09. The molecule has 0 saturated heterocycles. The summed E-state index contributed by atoms with van der Waals surface area (Å²) in [6.45, 7) is 8.74. The summed E-state index contributed by atoms with van der Waals surface area (Å²) in [5.74, 6) is 0.724. The SMILES string of the molecule is Cc1ccccc1-c1cc(-c2cc(C)c(-n3c4ccc(N(c5ccccc5)c5ccccc5)cc4c4cc(N(c5ccccc5)c5ccccc5)ccc43)c(C)c2)nc(-c2ccccc2C)n1. The first kappa shape index (κ1) is 41.2. The summed E-state index contributed by atoms with van der Waals surface area (Å²) in [4.78, 5) is 15.2. The molecule has 0 unspecified atom stereocenters. The van der Waals surface area contributed by atoms with Gasteiger partial charge in [-0.1, -0.05) is 121 Å². The van der Waals surface area contributed by atoms with Crippen molar-refractivity contribution in [3.8, 4) is 39.6 Å². The molecular weight excluding hydrogens is 815 g/mol. The van der Waals surface area contributed by atoms with Crippen molar-refractivity contribution in [1.29, 1.82) is 0 Å². The Labute approximate surface area is 392 Å². The van der Waals surface area contributed by atoms with Gasteiger partial charge in [0.25, 0.3) is 0 Å². The zero-order chi connectivity index (χ0) is 45.4. The second-order valence-corrected chi connectivity index (χ2v) is 17.3. The van der Waals surface area contributed by atoms with Crippen LogP contribution in [0, 0.1) is 27.7 Å². The fourth-order valence-corrected chi connectivity index (χ4v) is 9.72. The van der Waals surface area contributed by atoms with Crippen molar-refractivity contribution in [1.82, 2.24) is 14.5 Å². The maximum absolute atomic E-state index is 5.29. The van der Waals surface area contributed by atoms with E-state index in [2.05, 4.69) is 267 Å². The van der Waals surface area contributed by atoms with Crippen LogP contribution in [0.25, 0.3) is 61.4 Å². The van der Waals surface area contributed by atoms with E-state index < -0.39 is 0 Å². The summed E-state index contributed by atoms with van der Waals surface area (Å²) in [5, 5.41) is 2.33. The number of aryl methyl sites for hydroxylation is 4. The first-order chi connectivity index (χ1) is 32.9. The van der Waals surface area contributed by atoms with Crippen LogP contribution in [0.3, 0.4) is 0 Å². The Hall–Kier alpha value is -8.54. The van der Waals surface area contributed by atoms with Crippen molar-refractivity contribution < 1.29 is 0 Å². The molecule has 2 heterocycles. The van der Waals surface area contributed by atoms with Gasteiger partial charge in [0, 0.05) is 61.6 Å². The first-order valence-electron chi connectivity index (χ1n) is 22.9. The van der Waals surface area contributed by atoms with Crippen molar-refractivity contribution in [3.05, 3.63) is 247 Å². The smallest absolute Gasteiger partial charge is 0.160 e. The Morgan fingerprint density at radius 1 is 0.328 bits per heavy atom. The highest BCUT2D eigenvalue weighted by Crippen LogP contribution is 2.44. The number of aromatic nitrogens is 3. The molecule has 67 heavy (non-hydrogen) atoms. The Morgan fingerprint density at radius 2 is 0.716 bits per heavy atom. The van der Waals surface area contributed by atoms with Crippen LogP contribution in [0.4, 0.5) is 34.1 Å². The van der Waals surface area contributed by atoms with Crippen LogP contribution < -0.4 is 9.80 Å². The molecule has 0 saturated carbocycles. The van der Waals surface area contributed by atoms with Crippen molar-refractivity contribution in [3.63, 3.8) is 0 Å². The Bertz CT molecular complexity index is 3260. The molecule has 0 spiro atoms. The predicted molar refractivity (Wildman–Crippen MR) is 281 cm³/mol. The van der Waals surface area contributed by atoms with Gasteiger partial charge in [-0.15, -0.1) is 0 Å². The second kappa shape index (κ2) is 17.4. The number of rotatable bonds is 10. The molecule has 0 aliphatic heterocycles. The number of hydrogen-bond acceptors (Lipinski definition) is 4. The highest BCUT2D eigenvalue weighted by atomic mass is 15.1. The molecule has 0 N–H and O–H groups in total. The van der Waals surface area contributed by atoms with E-state index in [1.54, 1.807) is 0 Å². The van der Waals surface area contributed by atoms with Crippen molar-refractivity contribution in [2.45, 2.75) is 27.7 Å². The van der Waals surface area contributed by atoms with Crippen LogP contribution in [-0.2, 0) is 0 Å². The summed E-state index contributed by atoms with van der Waals surface area (Å²) in [6, 6.07) is 80.0. The third kappa shape index (κ3) is 7.70. The van der Waals surface area contributed by atoms with Gasteiger partial charge in [-0.05, 0) is 153 Å². The molecule has 322 valence electrons. The summed E-state index contributed by atoms with van der Waals surface area (Å²) in [7, 11) is 0. The van der Waals surface area contributed by atoms with Gasteiger partial charge in [0.05, 0.1) is 28.1 Å². The van der Waals surface area contributed by atoms with Gasteiger partial charge in [0.15, 0.2) is 5.82 Å². The summed E-state index contributed by atoms with van der Waals surface area (Å²) in [5.41, 5.74) is 19.6. The van der Waals surface area contributed by atoms with Gasteiger partial charge >= 0.3 is 0 Å². The molecule has 11 rings (SSSR count). The van der Waals surface area contributed by atoms with Crippen molar-refractivity contribution in [2.75, 3.05) is 9.80 Å². The standard InChI is InChI=1S/C62H49N5/c1-42-21-17-19-31-53(42)58-41-57(63-62(64-58)54-32-20-18-22-43(54)2)46-37-44(3)61(45(4)38-46)67-59-35-33-51(65(47-23-9-5-10-24-47)48-25-11-6-12-26-48)39-55(59)56-40-52(34-36-60(56)67)66(49-27-13-7-14-28-49)50-29-15-8-16-30-50/h5-41H,1-4H3. The van der Waals surface area contributed by atoms with Gasteiger partial charge < -0.3 is 14.4 Å². The number of anilines is 6. The third-order valence-corrected chi connectivity index (χ3v) is 12.8. The molecule has 0 radical (unpaired) electrons. The van der Waals surface area contributed by atoms with E-state index in [9.17, 15) is 0 Å². The van der Waals surface area contributed by atoms with Crippen LogP contribution in [0.1, 0.15) is 22.3 Å². The summed E-state index contributed by atoms with van der Waals surface area (Å²) in [6.07, 6.45) is 0. The maximum Gasteiger partial charge on any atom is 0.160 e. The van der Waals surface area contributed by atoms with E-state index in [1.807, 2.05) is 0 Å². The average Bonchev–Trinajstić information content (AvgIpc) is 3.68. The molecule has 0 fully saturated rings. The molecule has 2 aromatic heterocycles. The topological polar surface area (TPSA) is 37.2 Å². The molecule has 5 heteroatoms. The molecule has 0 bridgehead atoms. The molecule has 9 aromatic carbocycles. The predicted octanol–water partition coefficient (Wildman–Crippen LogP) is 16.7. The highest BCUT2D eigenvalue weighted by Gasteiger charge is 2.22. The third-order valence-electron chi connectivity index (χ3n) is 12.8. The van der Waals surface area contributed by atoms with Gasteiger partial charge in [0.1, 0.15) is 0 Å². The molecule has 0 aliphatic carbocycles. The lowest BCUT2D eigenvalue weighted by atomic mass is 9.99. The van der Waals surface area contributed by atoms with E-state index in [0.717, 1.165) is 112 Å². The summed E-state index contributed by atoms with van der Waals surface area (Å²) < 4.78 is 2.47. The van der Waals surface area contributed by atoms with E-state index in [4.69, 9.17) is 9.97 Å². The number of nitrogens with zero attached hydrogens (tertiary/aromatic N) is 5. The lowest BCUT2D eigenvalue weighted by molar-refractivity contribution is 1.11. The van der Waals surface area contributed by atoms with E-state index in [-0.39, 0.29) is 0 Å². The van der Waals surface area contributed by atoms with Crippen molar-refractivity contribution in [2.24, 2.45) is 0 Å². The number of para-hydroxylation sites is 4. The molecular formula is C62H49N5. The van der Waals surface area contributed by atoms with E-state index in [1.165, 1.54) is 5.56 Å². The normalized spacial score (nSPS) is 11.3. The quantitative estimate of drug-likeness (QED) is 0.137. The van der Waals surface area contributed by atoms with Gasteiger partial charge in [-0.25, -0.2) is 9.97 Å². The van der Waals surface area contributed by atoms with Crippen LogP contribution in [0.15, 0.2) is 224 Å². The van der Waals surface area contributed by atoms with Gasteiger partial charge in [-0.3, -0.25) is 0 Å². The maximum atomic E-state index is 5.29. The van der Waals surface area contributed by atoms with Crippen LogP contribution in [0.5, 0.6) is 0 Å². The van der Waals surface area contributed by atoms with Crippen LogP contribution in [0.2, 0.25) is 0 Å². The monoisotopic (exact) mass is 863 g/mol. The van der Waals surface area contributed by atoms with Crippen LogP contribution in [-0.4, -0.2) is 14.5 Å². The molecule has 0 atom stereocenters. The van der Waals surface area contributed by atoms with Crippen LogP contribution >= 0.6 is 0 Å². The first-order valence-corrected chi connectivity index (χ1v) is 22.9. The summed E-state index contributed by atoms with van der Waals surface area (Å²) >= 11 is 0. The number of hydrogen-bond donors (Lipinski definition) is 0. The molecule has 5 nitrogen and oxygen atoms in total. The molecule has 0 amide bonds. The minimum atomic E-state index is 0.724. The molecule has 0 aliphatic rings. The second-order valence-electron chi connectivity index (χ2n) is 17.3. The zero-order valence-corrected chi connectivity index (χ0v) is 38.1. The number of fused-ring (bicyclic) bond motifs is 3. The van der Waals surface area contributed by atoms with E-state index >= 15 is 0 Å². The Kier molecular flexibility index (Phi) is 10.7. The minimum absolute atomic E-state index is 0.724. The highest BCUT2D eigenvalue weighted by molar-refractivity contribution is 6.12. The van der Waals surface area contributed by atoms with Gasteiger partial charge in [-0.2, -0.15) is 0 Å². The van der Waals surface area contributed by atoms with Crippen molar-refractivity contribution >= 4 is 55.9 Å². The minimum Gasteiger partial charge on any atom is -0.310 e. The van der Waals surface area contributed by atoms with E-state index in [0.29, 0.717) is 0 Å². The average molecular weight is 864 g/mol. The fourth-order valence-electron chi connectivity index (χ4n) is 9.72. The molecule has 11 aromatic rings. The zero-order valence-electron chi connectivity index (χ0n) is 38.1. The Balaban J connectivity index is 1.13. The Morgan fingerprint density at radius 3 is 1.15 bits per heavy atom. The van der Waals surface area contributed by atoms with Gasteiger partial charge in [0.2, 0.25) is 0 Å². The number of benzene rings is 9.